The highest BCUT2D eigenvalue weighted by molar-refractivity contribution is 6.06. The van der Waals surface area contributed by atoms with E-state index in [2.05, 4.69) is 0 Å². The molecule has 1 aliphatic carbocycles. The number of imide groups is 1. The summed E-state index contributed by atoms with van der Waals surface area (Å²) < 4.78 is 0. The number of carbonyl (C=O) groups is 3. The molecule has 1 aromatic heterocycles. The molecule has 3 amide bonds. The minimum absolute atomic E-state index is 0.0853. The van der Waals surface area contributed by atoms with Gasteiger partial charge >= 0.3 is 0 Å². The van der Waals surface area contributed by atoms with E-state index in [1.165, 1.54) is 4.90 Å². The molecule has 2 aliphatic heterocycles. The highest BCUT2D eigenvalue weighted by atomic mass is 16.2. The molecule has 1 aromatic carbocycles. The maximum absolute atomic E-state index is 13.2. The van der Waals surface area contributed by atoms with Gasteiger partial charge in [-0.25, -0.2) is 9.97 Å². The number of allylic oxidation sites excluding steroid dienone is 2. The van der Waals surface area contributed by atoms with Crippen LogP contribution in [-0.2, 0) is 14.4 Å². The number of para-hydroxylation sites is 2. The predicted molar refractivity (Wildman–Crippen MR) is 116 cm³/mol. The molecule has 2 atom stereocenters. The van der Waals surface area contributed by atoms with Crippen LogP contribution in [0.2, 0.25) is 0 Å². The number of benzene rings is 1. The Labute approximate surface area is 180 Å². The smallest absolute Gasteiger partial charge is 0.233 e. The summed E-state index contributed by atoms with van der Waals surface area (Å²) in [6, 6.07) is 7.61. The van der Waals surface area contributed by atoms with Gasteiger partial charge in [0, 0.05) is 33.1 Å². The van der Waals surface area contributed by atoms with Gasteiger partial charge in [-0.2, -0.15) is 0 Å². The zero-order chi connectivity index (χ0) is 21.5. The standard InChI is InChI=1S/C23H25N5O3/c1-26-12-6-13-27(21-20(26)24-17-9-4-5-10-18(17)25-21)19(29)11-14-28-22(30)15-7-2-3-8-16(15)23(28)31/h2-5,9-10,15-16H,6-8,11-14H2,1H3/t15-,16-/m1/s1. The van der Waals surface area contributed by atoms with Crippen molar-refractivity contribution < 1.29 is 14.4 Å². The number of amides is 3. The van der Waals surface area contributed by atoms with Gasteiger partial charge in [-0.05, 0) is 31.4 Å². The van der Waals surface area contributed by atoms with Crippen LogP contribution >= 0.6 is 0 Å². The molecule has 0 bridgehead atoms. The fraction of sp³-hybridized carbons (Fsp3) is 0.435. The summed E-state index contributed by atoms with van der Waals surface area (Å²) >= 11 is 0. The number of aromatic nitrogens is 2. The Kier molecular flexibility index (Phi) is 4.92. The molecule has 8 nitrogen and oxygen atoms in total. The van der Waals surface area contributed by atoms with E-state index < -0.39 is 0 Å². The number of likely N-dealkylation sites (tertiary alicyclic amines) is 1. The van der Waals surface area contributed by atoms with Crippen LogP contribution in [0.4, 0.5) is 11.6 Å². The van der Waals surface area contributed by atoms with E-state index in [0.717, 1.165) is 24.0 Å². The average Bonchev–Trinajstić information content (AvgIpc) is 2.92. The van der Waals surface area contributed by atoms with Crippen LogP contribution in [-0.4, -0.2) is 59.3 Å². The van der Waals surface area contributed by atoms with Gasteiger partial charge in [0.25, 0.3) is 0 Å². The summed E-state index contributed by atoms with van der Waals surface area (Å²) in [4.78, 5) is 53.1. The van der Waals surface area contributed by atoms with Gasteiger partial charge < -0.3 is 4.90 Å². The lowest BCUT2D eigenvalue weighted by molar-refractivity contribution is -0.140. The van der Waals surface area contributed by atoms with Crippen LogP contribution < -0.4 is 9.80 Å². The molecule has 0 radical (unpaired) electrons. The number of carbonyl (C=O) groups excluding carboxylic acids is 3. The van der Waals surface area contributed by atoms with Crippen LogP contribution in [0.3, 0.4) is 0 Å². The Morgan fingerprint density at radius 3 is 2.23 bits per heavy atom. The Balaban J connectivity index is 1.37. The van der Waals surface area contributed by atoms with Crippen molar-refractivity contribution >= 4 is 40.4 Å². The van der Waals surface area contributed by atoms with Crippen molar-refractivity contribution in [3.05, 3.63) is 36.4 Å². The maximum atomic E-state index is 13.2. The summed E-state index contributed by atoms with van der Waals surface area (Å²) in [7, 11) is 1.95. The molecule has 5 rings (SSSR count). The molecule has 0 unspecified atom stereocenters. The first-order chi connectivity index (χ1) is 15.0. The van der Waals surface area contributed by atoms with Gasteiger partial charge in [-0.1, -0.05) is 24.3 Å². The quantitative estimate of drug-likeness (QED) is 0.560. The Morgan fingerprint density at radius 1 is 0.968 bits per heavy atom. The lowest BCUT2D eigenvalue weighted by Crippen LogP contribution is -2.38. The van der Waals surface area contributed by atoms with Crippen molar-refractivity contribution in [2.24, 2.45) is 11.8 Å². The molecule has 3 heterocycles. The number of hydrogen-bond donors (Lipinski definition) is 0. The Morgan fingerprint density at radius 2 is 1.58 bits per heavy atom. The van der Waals surface area contributed by atoms with Crippen molar-refractivity contribution in [2.45, 2.75) is 25.7 Å². The Hall–Kier alpha value is -3.29. The lowest BCUT2D eigenvalue weighted by atomic mass is 9.85. The third-order valence-electron chi connectivity index (χ3n) is 6.48. The molecular formula is C23H25N5O3. The molecule has 0 saturated carbocycles. The number of fused-ring (bicyclic) bond motifs is 3. The van der Waals surface area contributed by atoms with Gasteiger partial charge in [0.2, 0.25) is 17.7 Å². The van der Waals surface area contributed by atoms with Gasteiger partial charge in [0.15, 0.2) is 11.6 Å². The number of nitrogens with zero attached hydrogens (tertiary/aromatic N) is 5. The highest BCUT2D eigenvalue weighted by Gasteiger charge is 2.47. The van der Waals surface area contributed by atoms with Gasteiger partial charge in [0.05, 0.1) is 22.9 Å². The van der Waals surface area contributed by atoms with Crippen molar-refractivity contribution in [3.63, 3.8) is 0 Å². The molecule has 0 N–H and O–H groups in total. The van der Waals surface area contributed by atoms with E-state index in [-0.39, 0.29) is 42.5 Å². The fourth-order valence-electron chi connectivity index (χ4n) is 4.77. The number of hydrogen-bond acceptors (Lipinski definition) is 6. The zero-order valence-corrected chi connectivity index (χ0v) is 17.5. The predicted octanol–water partition coefficient (Wildman–Crippen LogP) is 2.14. The van der Waals surface area contributed by atoms with E-state index in [1.54, 1.807) is 4.90 Å². The van der Waals surface area contributed by atoms with Gasteiger partial charge in [-0.15, -0.1) is 0 Å². The minimum Gasteiger partial charge on any atom is -0.357 e. The SMILES string of the molecule is CN1CCCN(C(=O)CCN2C(=O)[C@@H]3CC=CC[C@H]3C2=O)c2nc3ccccc3nc21. The number of rotatable bonds is 3. The van der Waals surface area contributed by atoms with Crippen molar-refractivity contribution in [1.29, 1.82) is 0 Å². The summed E-state index contributed by atoms with van der Waals surface area (Å²) in [5, 5.41) is 0. The van der Waals surface area contributed by atoms with Crippen LogP contribution in [0.25, 0.3) is 11.0 Å². The average molecular weight is 419 g/mol. The van der Waals surface area contributed by atoms with E-state index in [0.29, 0.717) is 31.0 Å². The van der Waals surface area contributed by atoms with Crippen LogP contribution in [0.15, 0.2) is 36.4 Å². The normalized spacial score (nSPS) is 23.2. The van der Waals surface area contributed by atoms with E-state index >= 15 is 0 Å². The molecule has 1 fully saturated rings. The van der Waals surface area contributed by atoms with Crippen LogP contribution in [0, 0.1) is 11.8 Å². The molecule has 31 heavy (non-hydrogen) atoms. The summed E-state index contributed by atoms with van der Waals surface area (Å²) in [5.74, 6) is 0.253. The highest BCUT2D eigenvalue weighted by Crippen LogP contribution is 2.35. The molecule has 3 aliphatic rings. The molecule has 8 heteroatoms. The molecule has 160 valence electrons. The summed E-state index contributed by atoms with van der Waals surface area (Å²) in [5.41, 5.74) is 1.52. The molecular weight excluding hydrogens is 394 g/mol. The second kappa shape index (κ2) is 7.76. The third-order valence-corrected chi connectivity index (χ3v) is 6.48. The van der Waals surface area contributed by atoms with Gasteiger partial charge in [-0.3, -0.25) is 24.2 Å². The zero-order valence-electron chi connectivity index (χ0n) is 17.5. The van der Waals surface area contributed by atoms with Crippen molar-refractivity contribution in [1.82, 2.24) is 14.9 Å². The summed E-state index contributed by atoms with van der Waals surface area (Å²) in [6.07, 6.45) is 6.02. The second-order valence-electron chi connectivity index (χ2n) is 8.41. The monoisotopic (exact) mass is 419 g/mol. The van der Waals surface area contributed by atoms with Crippen molar-refractivity contribution in [2.75, 3.05) is 36.5 Å². The van der Waals surface area contributed by atoms with E-state index in [9.17, 15) is 14.4 Å². The van der Waals surface area contributed by atoms with E-state index in [1.807, 2.05) is 48.4 Å². The minimum atomic E-state index is -0.266. The first-order valence-electron chi connectivity index (χ1n) is 10.8. The molecule has 1 saturated heterocycles. The first kappa shape index (κ1) is 19.7. The second-order valence-corrected chi connectivity index (χ2v) is 8.41. The Bertz CT molecular complexity index is 1070. The third kappa shape index (κ3) is 3.36. The lowest BCUT2D eigenvalue weighted by Gasteiger charge is -2.23. The molecule has 0 spiro atoms. The van der Waals surface area contributed by atoms with Crippen LogP contribution in [0.5, 0.6) is 0 Å². The van der Waals surface area contributed by atoms with Crippen molar-refractivity contribution in [3.8, 4) is 0 Å². The maximum Gasteiger partial charge on any atom is 0.233 e. The fourth-order valence-corrected chi connectivity index (χ4v) is 4.77. The largest absolute Gasteiger partial charge is 0.357 e. The first-order valence-corrected chi connectivity index (χ1v) is 10.8. The summed E-state index contributed by atoms with van der Waals surface area (Å²) in [6.45, 7) is 1.41. The molecule has 2 aromatic rings. The number of anilines is 2. The van der Waals surface area contributed by atoms with E-state index in [4.69, 9.17) is 9.97 Å². The van der Waals surface area contributed by atoms with Gasteiger partial charge in [0.1, 0.15) is 0 Å². The van der Waals surface area contributed by atoms with Crippen LogP contribution in [0.1, 0.15) is 25.7 Å². The topological polar surface area (TPSA) is 86.7 Å².